The van der Waals surface area contributed by atoms with Crippen LogP contribution in [0.25, 0.3) is 0 Å². The Morgan fingerprint density at radius 3 is 2.64 bits per heavy atom. The van der Waals surface area contributed by atoms with Gasteiger partial charge in [0.2, 0.25) is 0 Å². The van der Waals surface area contributed by atoms with Gasteiger partial charge in [-0.1, -0.05) is 6.92 Å². The third-order valence-corrected chi connectivity index (χ3v) is 0.975. The van der Waals surface area contributed by atoms with Crippen molar-refractivity contribution in [2.75, 3.05) is 13.1 Å². The molecule has 0 aliphatic rings. The second-order valence-electron chi connectivity index (χ2n) is 2.13. The largest absolute Gasteiger partial charge is 0.386 e. The standard InChI is InChI=1S/C6H14N4O/c1-2-3-9-6(11)10-4-5(7)8/h2-4H2,1H3,(H3,7,8)(H2,9,10,11). The molecule has 11 heavy (non-hydrogen) atoms. The quantitative estimate of drug-likeness (QED) is 0.332. The minimum absolute atomic E-state index is 0.0448. The van der Waals surface area contributed by atoms with Crippen LogP contribution in [0, 0.1) is 5.41 Å². The zero-order valence-corrected chi connectivity index (χ0v) is 6.61. The van der Waals surface area contributed by atoms with E-state index in [0.29, 0.717) is 6.54 Å². The van der Waals surface area contributed by atoms with Crippen molar-refractivity contribution in [3.63, 3.8) is 0 Å². The molecule has 5 N–H and O–H groups in total. The van der Waals surface area contributed by atoms with Crippen molar-refractivity contribution in [2.45, 2.75) is 13.3 Å². The third-order valence-electron chi connectivity index (χ3n) is 0.975. The minimum Gasteiger partial charge on any atom is -0.386 e. The number of carbonyl (C=O) groups is 1. The molecule has 64 valence electrons. The predicted molar refractivity (Wildman–Crippen MR) is 43.6 cm³/mol. The van der Waals surface area contributed by atoms with Gasteiger partial charge in [-0.15, -0.1) is 0 Å². The Hall–Kier alpha value is -1.26. The van der Waals surface area contributed by atoms with Crippen LogP contribution in [0.2, 0.25) is 0 Å². The number of carbonyl (C=O) groups excluding carboxylic acids is 1. The van der Waals surface area contributed by atoms with Crippen molar-refractivity contribution in [1.29, 1.82) is 5.41 Å². The maximum absolute atomic E-state index is 10.7. The van der Waals surface area contributed by atoms with Crippen molar-refractivity contribution in [1.82, 2.24) is 10.6 Å². The summed E-state index contributed by atoms with van der Waals surface area (Å²) in [4.78, 5) is 10.7. The van der Waals surface area contributed by atoms with E-state index in [4.69, 9.17) is 11.1 Å². The highest BCUT2D eigenvalue weighted by Crippen LogP contribution is 1.70. The van der Waals surface area contributed by atoms with E-state index in [9.17, 15) is 4.79 Å². The molecule has 0 rings (SSSR count). The lowest BCUT2D eigenvalue weighted by atomic mass is 10.5. The first-order chi connectivity index (χ1) is 5.16. The summed E-state index contributed by atoms with van der Waals surface area (Å²) >= 11 is 0. The van der Waals surface area contributed by atoms with E-state index in [0.717, 1.165) is 6.42 Å². The topological polar surface area (TPSA) is 91.0 Å². The molecule has 0 saturated heterocycles. The van der Waals surface area contributed by atoms with E-state index in [1.54, 1.807) is 0 Å². The highest BCUT2D eigenvalue weighted by Gasteiger charge is 1.96. The van der Waals surface area contributed by atoms with Crippen LogP contribution in [0.1, 0.15) is 13.3 Å². The molecule has 0 aromatic carbocycles. The predicted octanol–water partition coefficient (Wildman–Crippen LogP) is -0.368. The normalized spacial score (nSPS) is 8.82. The van der Waals surface area contributed by atoms with Gasteiger partial charge in [0, 0.05) is 6.54 Å². The maximum atomic E-state index is 10.7. The SMILES string of the molecule is CCCNC(=O)NCC(=N)N. The van der Waals surface area contributed by atoms with Gasteiger partial charge in [-0.05, 0) is 6.42 Å². The lowest BCUT2D eigenvalue weighted by molar-refractivity contribution is 0.242. The van der Waals surface area contributed by atoms with Crippen LogP contribution < -0.4 is 16.4 Å². The van der Waals surface area contributed by atoms with Crippen LogP contribution >= 0.6 is 0 Å². The molecule has 0 aliphatic heterocycles. The summed E-state index contributed by atoms with van der Waals surface area (Å²) in [5.74, 6) is -0.0448. The molecule has 2 amide bonds. The molecule has 0 fully saturated rings. The van der Waals surface area contributed by atoms with Crippen LogP contribution in [-0.4, -0.2) is 25.0 Å². The monoisotopic (exact) mass is 158 g/mol. The van der Waals surface area contributed by atoms with Crippen LogP contribution in [-0.2, 0) is 0 Å². The average molecular weight is 158 g/mol. The number of nitrogens with one attached hydrogen (secondary N) is 3. The van der Waals surface area contributed by atoms with E-state index < -0.39 is 0 Å². The Morgan fingerprint density at radius 1 is 1.55 bits per heavy atom. The number of amides is 2. The van der Waals surface area contributed by atoms with Gasteiger partial charge < -0.3 is 16.4 Å². The Morgan fingerprint density at radius 2 is 2.18 bits per heavy atom. The molecule has 0 aliphatic carbocycles. The number of rotatable bonds is 4. The molecule has 0 atom stereocenters. The van der Waals surface area contributed by atoms with E-state index in [2.05, 4.69) is 10.6 Å². The first kappa shape index (κ1) is 9.74. The Kier molecular flexibility index (Phi) is 4.89. The Balaban J connectivity index is 3.30. The average Bonchev–Trinajstić information content (AvgIpc) is 1.97. The third kappa shape index (κ3) is 6.63. The highest BCUT2D eigenvalue weighted by molar-refractivity contribution is 5.84. The number of hydrogen-bond acceptors (Lipinski definition) is 2. The van der Waals surface area contributed by atoms with Gasteiger partial charge in [0.25, 0.3) is 0 Å². The Labute approximate surface area is 65.9 Å². The van der Waals surface area contributed by atoms with Crippen LogP contribution in [0.5, 0.6) is 0 Å². The molecular formula is C6H14N4O. The maximum Gasteiger partial charge on any atom is 0.315 e. The molecule has 0 radical (unpaired) electrons. The lowest BCUT2D eigenvalue weighted by Gasteiger charge is -2.04. The number of hydrogen-bond donors (Lipinski definition) is 4. The summed E-state index contributed by atoms with van der Waals surface area (Å²) in [7, 11) is 0. The zero-order valence-electron chi connectivity index (χ0n) is 6.61. The smallest absolute Gasteiger partial charge is 0.315 e. The minimum atomic E-state index is -0.276. The molecule has 5 heteroatoms. The van der Waals surface area contributed by atoms with Crippen molar-refractivity contribution < 1.29 is 4.79 Å². The first-order valence-electron chi connectivity index (χ1n) is 3.51. The van der Waals surface area contributed by atoms with Gasteiger partial charge in [0.05, 0.1) is 6.54 Å². The zero-order chi connectivity index (χ0) is 8.69. The fourth-order valence-corrected chi connectivity index (χ4v) is 0.477. The molecule has 0 heterocycles. The first-order valence-corrected chi connectivity index (χ1v) is 3.51. The summed E-state index contributed by atoms with van der Waals surface area (Å²) in [5, 5.41) is 11.8. The number of urea groups is 1. The van der Waals surface area contributed by atoms with Crippen LogP contribution in [0.3, 0.4) is 0 Å². The summed E-state index contributed by atoms with van der Waals surface area (Å²) in [6, 6.07) is -0.276. The van der Waals surface area contributed by atoms with Gasteiger partial charge in [0.1, 0.15) is 5.84 Å². The molecular weight excluding hydrogens is 144 g/mol. The van der Waals surface area contributed by atoms with Gasteiger partial charge in [0.15, 0.2) is 0 Å². The van der Waals surface area contributed by atoms with E-state index >= 15 is 0 Å². The van der Waals surface area contributed by atoms with Crippen molar-refractivity contribution >= 4 is 11.9 Å². The summed E-state index contributed by atoms with van der Waals surface area (Å²) in [6.07, 6.45) is 0.896. The summed E-state index contributed by atoms with van der Waals surface area (Å²) < 4.78 is 0. The number of nitrogens with two attached hydrogens (primary N) is 1. The van der Waals surface area contributed by atoms with E-state index in [1.807, 2.05) is 6.92 Å². The molecule has 0 spiro atoms. The fraction of sp³-hybridized carbons (Fsp3) is 0.667. The fourth-order valence-electron chi connectivity index (χ4n) is 0.477. The van der Waals surface area contributed by atoms with Gasteiger partial charge in [-0.3, -0.25) is 5.41 Å². The summed E-state index contributed by atoms with van der Waals surface area (Å²) in [5.41, 5.74) is 5.01. The molecule has 0 aromatic heterocycles. The molecule has 0 aromatic rings. The summed E-state index contributed by atoms with van der Waals surface area (Å²) in [6.45, 7) is 2.71. The van der Waals surface area contributed by atoms with Crippen molar-refractivity contribution in [2.24, 2.45) is 5.73 Å². The van der Waals surface area contributed by atoms with E-state index in [1.165, 1.54) is 0 Å². The van der Waals surface area contributed by atoms with Crippen LogP contribution in [0.15, 0.2) is 0 Å². The van der Waals surface area contributed by atoms with Gasteiger partial charge >= 0.3 is 6.03 Å². The molecule has 0 unspecified atom stereocenters. The van der Waals surface area contributed by atoms with E-state index in [-0.39, 0.29) is 18.4 Å². The second kappa shape index (κ2) is 5.52. The molecule has 0 bridgehead atoms. The van der Waals surface area contributed by atoms with Gasteiger partial charge in [-0.25, -0.2) is 4.79 Å². The van der Waals surface area contributed by atoms with Crippen molar-refractivity contribution in [3.05, 3.63) is 0 Å². The van der Waals surface area contributed by atoms with Crippen LogP contribution in [0.4, 0.5) is 4.79 Å². The van der Waals surface area contributed by atoms with Gasteiger partial charge in [-0.2, -0.15) is 0 Å². The number of amidine groups is 1. The molecule has 5 nitrogen and oxygen atoms in total. The second-order valence-corrected chi connectivity index (χ2v) is 2.13. The van der Waals surface area contributed by atoms with Crippen molar-refractivity contribution in [3.8, 4) is 0 Å². The lowest BCUT2D eigenvalue weighted by Crippen LogP contribution is -2.40. The highest BCUT2D eigenvalue weighted by atomic mass is 16.2. The Bertz CT molecular complexity index is 146. The molecule has 0 saturated carbocycles.